The monoisotopic (exact) mass is 241 g/mol. The Bertz CT molecular complexity index is 312. The van der Waals surface area contributed by atoms with Crippen LogP contribution >= 0.6 is 0 Å². The normalized spacial score (nSPS) is 13.0. The van der Waals surface area contributed by atoms with Gasteiger partial charge in [0.25, 0.3) is 0 Å². The molecule has 5 heteroatoms. The lowest BCUT2D eigenvalue weighted by Crippen LogP contribution is -2.23. The molecule has 0 saturated carbocycles. The van der Waals surface area contributed by atoms with E-state index in [0.29, 0.717) is 13.2 Å². The zero-order valence-electron chi connectivity index (χ0n) is 11.1. The second-order valence-corrected chi connectivity index (χ2v) is 4.36. The molecular formula is C12H23N3O2. The van der Waals surface area contributed by atoms with Crippen LogP contribution in [-0.4, -0.2) is 42.0 Å². The van der Waals surface area contributed by atoms with Gasteiger partial charge in [0.05, 0.1) is 19.3 Å². The van der Waals surface area contributed by atoms with E-state index < -0.39 is 0 Å². The summed E-state index contributed by atoms with van der Waals surface area (Å²) in [5, 5.41) is 3.30. The van der Waals surface area contributed by atoms with E-state index in [-0.39, 0.29) is 12.1 Å². The first-order chi connectivity index (χ1) is 8.13. The zero-order valence-corrected chi connectivity index (χ0v) is 11.1. The van der Waals surface area contributed by atoms with E-state index in [1.165, 1.54) is 0 Å². The lowest BCUT2D eigenvalue weighted by atomic mass is 10.4. The molecule has 0 aliphatic carbocycles. The van der Waals surface area contributed by atoms with Crippen molar-refractivity contribution >= 4 is 5.95 Å². The molecule has 1 heterocycles. The minimum absolute atomic E-state index is 0.243. The Kier molecular flexibility index (Phi) is 6.00. The molecule has 1 aromatic rings. The maximum Gasteiger partial charge on any atom is 0.203 e. The van der Waals surface area contributed by atoms with Crippen molar-refractivity contribution in [3.63, 3.8) is 0 Å². The molecule has 1 unspecified atom stereocenters. The van der Waals surface area contributed by atoms with Gasteiger partial charge in [-0.15, -0.1) is 0 Å². The Morgan fingerprint density at radius 3 is 2.82 bits per heavy atom. The van der Waals surface area contributed by atoms with Gasteiger partial charge < -0.3 is 19.4 Å². The van der Waals surface area contributed by atoms with Crippen LogP contribution in [0.25, 0.3) is 0 Å². The summed E-state index contributed by atoms with van der Waals surface area (Å²) in [4.78, 5) is 4.28. The number of anilines is 1. The molecule has 0 amide bonds. The smallest absolute Gasteiger partial charge is 0.203 e. The predicted molar refractivity (Wildman–Crippen MR) is 68.3 cm³/mol. The Labute approximate surface area is 103 Å². The zero-order chi connectivity index (χ0) is 12.7. The number of rotatable bonds is 8. The van der Waals surface area contributed by atoms with Crippen molar-refractivity contribution in [2.45, 2.75) is 39.5 Å². The second kappa shape index (κ2) is 7.29. The topological polar surface area (TPSA) is 48.3 Å². The van der Waals surface area contributed by atoms with E-state index in [2.05, 4.69) is 21.8 Å². The summed E-state index contributed by atoms with van der Waals surface area (Å²) >= 11 is 0. The molecule has 0 bridgehead atoms. The molecule has 1 rings (SSSR count). The highest BCUT2D eigenvalue weighted by atomic mass is 16.5. The first-order valence-electron chi connectivity index (χ1n) is 6.01. The molecule has 5 nitrogen and oxygen atoms in total. The fraction of sp³-hybridized carbons (Fsp3) is 0.750. The lowest BCUT2D eigenvalue weighted by molar-refractivity contribution is 0.0729. The van der Waals surface area contributed by atoms with Gasteiger partial charge in [-0.25, -0.2) is 4.98 Å². The molecule has 0 spiro atoms. The van der Waals surface area contributed by atoms with Gasteiger partial charge in [0.15, 0.2) is 0 Å². The lowest BCUT2D eigenvalue weighted by Gasteiger charge is -2.15. The molecule has 0 saturated heterocycles. The van der Waals surface area contributed by atoms with E-state index in [9.17, 15) is 0 Å². The molecule has 98 valence electrons. The Morgan fingerprint density at radius 2 is 2.18 bits per heavy atom. The molecule has 0 radical (unpaired) electrons. The maximum absolute atomic E-state index is 5.52. The van der Waals surface area contributed by atoms with Gasteiger partial charge in [0.1, 0.15) is 0 Å². The van der Waals surface area contributed by atoms with Gasteiger partial charge in [-0.1, -0.05) is 0 Å². The van der Waals surface area contributed by atoms with Crippen LogP contribution in [0.4, 0.5) is 5.95 Å². The van der Waals surface area contributed by atoms with E-state index in [1.54, 1.807) is 13.3 Å². The standard InChI is InChI=1S/C12H23N3O2/c1-10(2)17-8-7-15-6-5-13-12(15)14-11(3)9-16-4/h5-6,10-11H,7-9H2,1-4H3,(H,13,14). The first-order valence-corrected chi connectivity index (χ1v) is 6.01. The highest BCUT2D eigenvalue weighted by Gasteiger charge is 2.06. The maximum atomic E-state index is 5.52. The van der Waals surface area contributed by atoms with E-state index in [0.717, 1.165) is 12.5 Å². The third-order valence-corrected chi connectivity index (χ3v) is 2.29. The van der Waals surface area contributed by atoms with Gasteiger partial charge in [-0.2, -0.15) is 0 Å². The van der Waals surface area contributed by atoms with Crippen LogP contribution in [0.2, 0.25) is 0 Å². The van der Waals surface area contributed by atoms with Gasteiger partial charge >= 0.3 is 0 Å². The highest BCUT2D eigenvalue weighted by Crippen LogP contribution is 2.06. The van der Waals surface area contributed by atoms with Crippen molar-refractivity contribution in [2.24, 2.45) is 0 Å². The van der Waals surface area contributed by atoms with E-state index in [1.807, 2.05) is 20.0 Å². The second-order valence-electron chi connectivity index (χ2n) is 4.36. The van der Waals surface area contributed by atoms with Gasteiger partial charge in [0, 0.05) is 32.1 Å². The van der Waals surface area contributed by atoms with Crippen LogP contribution in [0.5, 0.6) is 0 Å². The fourth-order valence-corrected chi connectivity index (χ4v) is 1.53. The highest BCUT2D eigenvalue weighted by molar-refractivity contribution is 5.27. The quantitative estimate of drug-likeness (QED) is 0.753. The molecule has 0 aliphatic rings. The number of nitrogens with zero attached hydrogens (tertiary/aromatic N) is 2. The molecule has 0 fully saturated rings. The summed E-state index contributed by atoms with van der Waals surface area (Å²) in [6.07, 6.45) is 4.00. The number of nitrogens with one attached hydrogen (secondary N) is 1. The Morgan fingerprint density at radius 1 is 1.41 bits per heavy atom. The first kappa shape index (κ1) is 14.0. The van der Waals surface area contributed by atoms with Crippen LogP contribution in [0.3, 0.4) is 0 Å². The Balaban J connectivity index is 2.42. The molecule has 1 aromatic heterocycles. The molecule has 0 aromatic carbocycles. The number of hydrogen-bond acceptors (Lipinski definition) is 4. The summed E-state index contributed by atoms with van der Waals surface area (Å²) in [7, 11) is 1.70. The minimum Gasteiger partial charge on any atom is -0.383 e. The molecule has 1 atom stereocenters. The number of ether oxygens (including phenoxy) is 2. The summed E-state index contributed by atoms with van der Waals surface area (Å²) in [6.45, 7) is 8.30. The number of imidazole rings is 1. The summed E-state index contributed by atoms with van der Waals surface area (Å²) in [5.74, 6) is 0.863. The van der Waals surface area contributed by atoms with Crippen LogP contribution in [0, 0.1) is 0 Å². The van der Waals surface area contributed by atoms with E-state index >= 15 is 0 Å². The Hall–Kier alpha value is -1.07. The van der Waals surface area contributed by atoms with Crippen molar-refractivity contribution in [2.75, 3.05) is 25.6 Å². The van der Waals surface area contributed by atoms with Crippen LogP contribution in [-0.2, 0) is 16.0 Å². The third-order valence-electron chi connectivity index (χ3n) is 2.29. The number of hydrogen-bond donors (Lipinski definition) is 1. The minimum atomic E-state index is 0.243. The predicted octanol–water partition coefficient (Wildman–Crippen LogP) is 1.75. The van der Waals surface area contributed by atoms with E-state index in [4.69, 9.17) is 9.47 Å². The average molecular weight is 241 g/mol. The molecule has 1 N–H and O–H groups in total. The van der Waals surface area contributed by atoms with Gasteiger partial charge in [-0.3, -0.25) is 0 Å². The summed E-state index contributed by atoms with van der Waals surface area (Å²) < 4.78 is 12.7. The largest absolute Gasteiger partial charge is 0.383 e. The molecule has 17 heavy (non-hydrogen) atoms. The average Bonchev–Trinajstić information content (AvgIpc) is 2.65. The van der Waals surface area contributed by atoms with Crippen molar-refractivity contribution in [1.82, 2.24) is 9.55 Å². The van der Waals surface area contributed by atoms with Crippen LogP contribution < -0.4 is 5.32 Å². The van der Waals surface area contributed by atoms with Crippen molar-refractivity contribution < 1.29 is 9.47 Å². The number of methoxy groups -OCH3 is 1. The van der Waals surface area contributed by atoms with Gasteiger partial charge in [0.2, 0.25) is 5.95 Å². The van der Waals surface area contributed by atoms with Gasteiger partial charge in [-0.05, 0) is 20.8 Å². The van der Waals surface area contributed by atoms with Crippen LogP contribution in [0.1, 0.15) is 20.8 Å². The third kappa shape index (κ3) is 5.19. The van der Waals surface area contributed by atoms with Crippen molar-refractivity contribution in [1.29, 1.82) is 0 Å². The molecular weight excluding hydrogens is 218 g/mol. The summed E-state index contributed by atoms with van der Waals surface area (Å²) in [5.41, 5.74) is 0. The molecule has 0 aliphatic heterocycles. The SMILES string of the molecule is COCC(C)Nc1nccn1CCOC(C)C. The summed E-state index contributed by atoms with van der Waals surface area (Å²) in [6, 6.07) is 0.243. The van der Waals surface area contributed by atoms with Crippen LogP contribution in [0.15, 0.2) is 12.4 Å². The van der Waals surface area contributed by atoms with Crippen molar-refractivity contribution in [3.8, 4) is 0 Å². The van der Waals surface area contributed by atoms with Crippen molar-refractivity contribution in [3.05, 3.63) is 12.4 Å². The number of aromatic nitrogens is 2. The fourth-order valence-electron chi connectivity index (χ4n) is 1.53.